The Labute approximate surface area is 162 Å². The minimum absolute atomic E-state index is 0.0972. The van der Waals surface area contributed by atoms with E-state index in [0.717, 1.165) is 22.4 Å². The highest BCUT2D eigenvalue weighted by atomic mass is 32.2. The first-order chi connectivity index (χ1) is 12.8. The van der Waals surface area contributed by atoms with E-state index in [-0.39, 0.29) is 17.0 Å². The zero-order chi connectivity index (χ0) is 19.6. The summed E-state index contributed by atoms with van der Waals surface area (Å²) in [6.45, 7) is 5.78. The summed E-state index contributed by atoms with van der Waals surface area (Å²) in [6.07, 6.45) is 0. The standard InChI is InChI=1S/C20H21FN4OS/c1-12-5-6-13(2)17(11-12)22-19(26)14(3)27-20-24-23-18(25(20)4)15-7-9-16(21)10-8-15/h5-11,14H,1-4H3,(H,22,26). The van der Waals surface area contributed by atoms with Crippen LogP contribution in [0.4, 0.5) is 10.1 Å². The maximum atomic E-state index is 13.1. The van der Waals surface area contributed by atoms with E-state index in [1.807, 2.05) is 46.0 Å². The van der Waals surface area contributed by atoms with Crippen LogP contribution in [0.15, 0.2) is 47.6 Å². The van der Waals surface area contributed by atoms with E-state index in [1.54, 1.807) is 16.7 Å². The number of hydrogen-bond acceptors (Lipinski definition) is 4. The van der Waals surface area contributed by atoms with Gasteiger partial charge in [0, 0.05) is 18.3 Å². The van der Waals surface area contributed by atoms with Gasteiger partial charge in [-0.3, -0.25) is 4.79 Å². The lowest BCUT2D eigenvalue weighted by Gasteiger charge is -2.13. The van der Waals surface area contributed by atoms with Crippen LogP contribution in [-0.2, 0) is 11.8 Å². The molecule has 0 aliphatic carbocycles. The topological polar surface area (TPSA) is 59.8 Å². The molecule has 3 aromatic rings. The van der Waals surface area contributed by atoms with Gasteiger partial charge in [-0.25, -0.2) is 4.39 Å². The van der Waals surface area contributed by atoms with Crippen LogP contribution in [0.2, 0.25) is 0 Å². The van der Waals surface area contributed by atoms with Crippen molar-refractivity contribution in [1.82, 2.24) is 14.8 Å². The largest absolute Gasteiger partial charge is 0.325 e. The van der Waals surface area contributed by atoms with E-state index in [4.69, 9.17) is 0 Å². The second kappa shape index (κ2) is 7.92. The molecule has 1 N–H and O–H groups in total. The number of carbonyl (C=O) groups excluding carboxylic acids is 1. The van der Waals surface area contributed by atoms with Crippen molar-refractivity contribution >= 4 is 23.4 Å². The molecule has 140 valence electrons. The zero-order valence-electron chi connectivity index (χ0n) is 15.7. The Kier molecular flexibility index (Phi) is 5.60. The smallest absolute Gasteiger partial charge is 0.237 e. The summed E-state index contributed by atoms with van der Waals surface area (Å²) >= 11 is 1.33. The maximum absolute atomic E-state index is 13.1. The van der Waals surface area contributed by atoms with Gasteiger partial charge in [0.2, 0.25) is 5.91 Å². The lowest BCUT2D eigenvalue weighted by atomic mass is 10.1. The Hall–Kier alpha value is -2.67. The van der Waals surface area contributed by atoms with Gasteiger partial charge < -0.3 is 9.88 Å². The number of hydrogen-bond donors (Lipinski definition) is 1. The minimum Gasteiger partial charge on any atom is -0.325 e. The number of rotatable bonds is 5. The molecule has 1 aromatic heterocycles. The highest BCUT2D eigenvalue weighted by Gasteiger charge is 2.20. The molecule has 2 aromatic carbocycles. The first-order valence-electron chi connectivity index (χ1n) is 8.55. The summed E-state index contributed by atoms with van der Waals surface area (Å²) in [7, 11) is 1.83. The first kappa shape index (κ1) is 19.1. The van der Waals surface area contributed by atoms with E-state index < -0.39 is 0 Å². The van der Waals surface area contributed by atoms with E-state index in [2.05, 4.69) is 15.5 Å². The molecule has 27 heavy (non-hydrogen) atoms. The molecule has 0 bridgehead atoms. The van der Waals surface area contributed by atoms with Crippen molar-refractivity contribution in [3.8, 4) is 11.4 Å². The molecule has 3 rings (SSSR count). The second-order valence-electron chi connectivity index (χ2n) is 6.44. The molecule has 0 saturated carbocycles. The van der Waals surface area contributed by atoms with Crippen molar-refractivity contribution in [2.75, 3.05) is 5.32 Å². The van der Waals surface area contributed by atoms with Gasteiger partial charge in [-0.05, 0) is 62.2 Å². The van der Waals surface area contributed by atoms with E-state index in [1.165, 1.54) is 23.9 Å². The van der Waals surface area contributed by atoms with E-state index in [0.29, 0.717) is 11.0 Å². The number of aryl methyl sites for hydroxylation is 2. The van der Waals surface area contributed by atoms with Gasteiger partial charge in [0.05, 0.1) is 5.25 Å². The minimum atomic E-state index is -0.353. The molecule has 1 amide bonds. The first-order valence-corrected chi connectivity index (χ1v) is 9.43. The fourth-order valence-electron chi connectivity index (χ4n) is 2.58. The SMILES string of the molecule is Cc1ccc(C)c(NC(=O)C(C)Sc2nnc(-c3ccc(F)cc3)n2C)c1. The lowest BCUT2D eigenvalue weighted by molar-refractivity contribution is -0.115. The van der Waals surface area contributed by atoms with E-state index >= 15 is 0 Å². The molecule has 1 heterocycles. The van der Waals surface area contributed by atoms with Crippen LogP contribution in [0.3, 0.4) is 0 Å². The molecule has 1 atom stereocenters. The molecule has 0 aliphatic heterocycles. The molecule has 7 heteroatoms. The van der Waals surface area contributed by atoms with Crippen molar-refractivity contribution in [3.05, 3.63) is 59.4 Å². The molecule has 5 nitrogen and oxygen atoms in total. The summed E-state index contributed by atoms with van der Waals surface area (Å²) in [4.78, 5) is 12.6. The number of nitrogens with one attached hydrogen (secondary N) is 1. The average molecular weight is 384 g/mol. The van der Waals surface area contributed by atoms with Crippen molar-refractivity contribution < 1.29 is 9.18 Å². The van der Waals surface area contributed by atoms with Crippen molar-refractivity contribution in [2.24, 2.45) is 7.05 Å². The number of carbonyl (C=O) groups is 1. The fraction of sp³-hybridized carbons (Fsp3) is 0.250. The Bertz CT molecular complexity index is 969. The predicted octanol–water partition coefficient (Wildman–Crippen LogP) is 4.36. The van der Waals surface area contributed by atoms with Gasteiger partial charge in [0.1, 0.15) is 5.82 Å². The third-order valence-corrected chi connectivity index (χ3v) is 5.37. The van der Waals surface area contributed by atoms with Crippen LogP contribution in [0.25, 0.3) is 11.4 Å². The van der Waals surface area contributed by atoms with E-state index in [9.17, 15) is 9.18 Å². The normalized spacial score (nSPS) is 12.0. The number of aromatic nitrogens is 3. The number of halogens is 1. The number of nitrogens with zero attached hydrogens (tertiary/aromatic N) is 3. The van der Waals surface area contributed by atoms with Gasteiger partial charge >= 0.3 is 0 Å². The van der Waals surface area contributed by atoms with Crippen molar-refractivity contribution in [2.45, 2.75) is 31.2 Å². The van der Waals surface area contributed by atoms with Gasteiger partial charge in [-0.1, -0.05) is 23.9 Å². The van der Waals surface area contributed by atoms with Crippen LogP contribution in [0.1, 0.15) is 18.1 Å². The summed E-state index contributed by atoms with van der Waals surface area (Å²) in [5.41, 5.74) is 3.69. The van der Waals surface area contributed by atoms with Crippen LogP contribution < -0.4 is 5.32 Å². The predicted molar refractivity (Wildman–Crippen MR) is 106 cm³/mol. The molecule has 0 aliphatic rings. The summed E-state index contributed by atoms with van der Waals surface area (Å²) in [5.74, 6) is 0.229. The molecule has 0 spiro atoms. The van der Waals surface area contributed by atoms with Crippen LogP contribution >= 0.6 is 11.8 Å². The Morgan fingerprint density at radius 2 is 1.85 bits per heavy atom. The number of amides is 1. The monoisotopic (exact) mass is 384 g/mol. The number of thioether (sulfide) groups is 1. The van der Waals surface area contributed by atoms with Crippen LogP contribution in [0, 0.1) is 19.7 Å². The average Bonchev–Trinajstić information content (AvgIpc) is 2.99. The van der Waals surface area contributed by atoms with Crippen LogP contribution in [-0.4, -0.2) is 25.9 Å². The molecular weight excluding hydrogens is 363 g/mol. The molecule has 0 fully saturated rings. The fourth-order valence-corrected chi connectivity index (χ4v) is 3.40. The lowest BCUT2D eigenvalue weighted by Crippen LogP contribution is -2.23. The number of benzene rings is 2. The van der Waals surface area contributed by atoms with Gasteiger partial charge in [-0.15, -0.1) is 10.2 Å². The molecule has 1 unspecified atom stereocenters. The molecule has 0 saturated heterocycles. The highest BCUT2D eigenvalue weighted by Crippen LogP contribution is 2.27. The van der Waals surface area contributed by atoms with Gasteiger partial charge in [0.25, 0.3) is 0 Å². The van der Waals surface area contributed by atoms with Gasteiger partial charge in [0.15, 0.2) is 11.0 Å². The Morgan fingerprint density at radius 3 is 2.56 bits per heavy atom. The Balaban J connectivity index is 1.72. The van der Waals surface area contributed by atoms with Gasteiger partial charge in [-0.2, -0.15) is 0 Å². The highest BCUT2D eigenvalue weighted by molar-refractivity contribution is 8.00. The molecular formula is C20H21FN4OS. The quantitative estimate of drug-likeness (QED) is 0.664. The summed E-state index contributed by atoms with van der Waals surface area (Å²) in [6, 6.07) is 12.0. The second-order valence-corrected chi connectivity index (χ2v) is 7.75. The van der Waals surface area contributed by atoms with Crippen LogP contribution in [0.5, 0.6) is 0 Å². The summed E-state index contributed by atoms with van der Waals surface area (Å²) in [5, 5.41) is 11.6. The Morgan fingerprint density at radius 1 is 1.15 bits per heavy atom. The summed E-state index contributed by atoms with van der Waals surface area (Å²) < 4.78 is 14.9. The third kappa shape index (κ3) is 4.36. The third-order valence-electron chi connectivity index (χ3n) is 4.24. The molecule has 0 radical (unpaired) electrons. The number of anilines is 1. The van der Waals surface area contributed by atoms with Crippen molar-refractivity contribution in [3.63, 3.8) is 0 Å². The zero-order valence-corrected chi connectivity index (χ0v) is 16.5. The van der Waals surface area contributed by atoms with Crippen molar-refractivity contribution in [1.29, 1.82) is 0 Å². The maximum Gasteiger partial charge on any atom is 0.237 e.